The Morgan fingerprint density at radius 1 is 0.967 bits per heavy atom. The standard InChI is InChI=1S/C39H48FN11O8S/c1-49-29(14-21-4-5-21)26(17-45-49)33-27(40)18-44-38(48-33)46-22-6-8-23(9-7-22)50(39(58)59)20-32(54)42-13-3-2-12-41-19-31(53)43-16-24-15-25-34(60-24)37(57)51(36(25)56)28-10-11-30(52)47-35(28)55/h15,17-18,21-23,28,41H,2-14,16,19-20H2,1H3,(H,42,54)(H,43,53)(H,58,59)(H,44,46,48)(H,47,52,55). The number of fused-ring (bicyclic) bond motifs is 1. The summed E-state index contributed by atoms with van der Waals surface area (Å²) in [6, 6.07) is 0.106. The number of amides is 7. The molecule has 1 unspecified atom stereocenters. The van der Waals surface area contributed by atoms with E-state index in [1.54, 1.807) is 10.9 Å². The Balaban J connectivity index is 0.763. The first-order chi connectivity index (χ1) is 28.9. The zero-order valence-electron chi connectivity index (χ0n) is 33.1. The molecule has 0 spiro atoms. The smallest absolute Gasteiger partial charge is 0.408 e. The topological polar surface area (TPSA) is 250 Å². The number of hydrogen-bond donors (Lipinski definition) is 6. The van der Waals surface area contributed by atoms with Gasteiger partial charge in [-0.15, -0.1) is 11.3 Å². The number of piperidine rings is 1. The summed E-state index contributed by atoms with van der Waals surface area (Å²) < 4.78 is 16.7. The van der Waals surface area contributed by atoms with Crippen molar-refractivity contribution in [2.75, 3.05) is 31.5 Å². The number of carbonyl (C=O) groups excluding carboxylic acids is 6. The minimum Gasteiger partial charge on any atom is -0.465 e. The maximum Gasteiger partial charge on any atom is 0.408 e. The van der Waals surface area contributed by atoms with Gasteiger partial charge >= 0.3 is 6.09 Å². The number of halogens is 1. The summed E-state index contributed by atoms with van der Waals surface area (Å²) in [5.41, 5.74) is 1.97. The molecule has 4 aliphatic rings. The molecule has 0 bridgehead atoms. The van der Waals surface area contributed by atoms with Gasteiger partial charge in [-0.25, -0.2) is 19.2 Å². The number of aromatic nitrogens is 4. The van der Waals surface area contributed by atoms with Crippen LogP contribution in [0.5, 0.6) is 0 Å². The molecule has 5 heterocycles. The summed E-state index contributed by atoms with van der Waals surface area (Å²) in [4.78, 5) is 98.4. The Labute approximate surface area is 348 Å². The molecule has 2 aliphatic carbocycles. The summed E-state index contributed by atoms with van der Waals surface area (Å²) in [5.74, 6) is -2.66. The van der Waals surface area contributed by atoms with Crippen LogP contribution in [0.4, 0.5) is 15.1 Å². The fraction of sp³-hybridized carbons (Fsp3) is 0.538. The highest BCUT2D eigenvalue weighted by molar-refractivity contribution is 7.14. The highest BCUT2D eigenvalue weighted by atomic mass is 32.1. The zero-order chi connectivity index (χ0) is 42.5. The van der Waals surface area contributed by atoms with Crippen molar-refractivity contribution in [2.45, 2.75) is 95.3 Å². The second-order valence-corrected chi connectivity index (χ2v) is 16.8. The fourth-order valence-electron chi connectivity index (χ4n) is 7.84. The Kier molecular flexibility index (Phi) is 13.1. The third-order valence-corrected chi connectivity index (χ3v) is 12.4. The van der Waals surface area contributed by atoms with Crippen LogP contribution in [0, 0.1) is 11.7 Å². The monoisotopic (exact) mass is 849 g/mol. The normalized spacial score (nSPS) is 20.2. The van der Waals surface area contributed by atoms with Crippen molar-refractivity contribution in [3.63, 3.8) is 0 Å². The molecule has 21 heteroatoms. The number of nitrogens with one attached hydrogen (secondary N) is 5. The molecule has 1 atom stereocenters. The van der Waals surface area contributed by atoms with Gasteiger partial charge < -0.3 is 26.4 Å². The van der Waals surface area contributed by atoms with E-state index in [0.29, 0.717) is 73.9 Å². The van der Waals surface area contributed by atoms with E-state index in [1.165, 1.54) is 11.0 Å². The molecule has 320 valence electrons. The fourth-order valence-corrected chi connectivity index (χ4v) is 8.87. The van der Waals surface area contributed by atoms with E-state index in [0.717, 1.165) is 47.4 Å². The number of thiophene rings is 1. The Hall–Kier alpha value is -5.83. The van der Waals surface area contributed by atoms with Crippen LogP contribution in [-0.4, -0.2) is 120 Å². The third kappa shape index (κ3) is 9.95. The number of carbonyl (C=O) groups is 7. The van der Waals surface area contributed by atoms with Crippen LogP contribution in [0.15, 0.2) is 18.5 Å². The maximum atomic E-state index is 14.9. The first-order valence-corrected chi connectivity index (χ1v) is 21.1. The molecule has 0 radical (unpaired) electrons. The highest BCUT2D eigenvalue weighted by Crippen LogP contribution is 2.36. The summed E-state index contributed by atoms with van der Waals surface area (Å²) in [7, 11) is 1.85. The van der Waals surface area contributed by atoms with Gasteiger partial charge in [-0.05, 0) is 82.7 Å². The van der Waals surface area contributed by atoms with Gasteiger partial charge in [-0.1, -0.05) is 0 Å². The maximum absolute atomic E-state index is 14.9. The molecule has 0 aromatic carbocycles. The Bertz CT molecular complexity index is 2130. The number of imide groups is 2. The second kappa shape index (κ2) is 18.6. The lowest BCUT2D eigenvalue weighted by Gasteiger charge is -2.35. The van der Waals surface area contributed by atoms with Crippen LogP contribution >= 0.6 is 11.3 Å². The molecule has 7 amide bonds. The summed E-state index contributed by atoms with van der Waals surface area (Å²) in [5, 5.41) is 28.3. The number of nitrogens with zero attached hydrogens (tertiary/aromatic N) is 6. The molecule has 7 rings (SSSR count). The van der Waals surface area contributed by atoms with E-state index in [9.17, 15) is 43.1 Å². The van der Waals surface area contributed by atoms with E-state index in [4.69, 9.17) is 0 Å². The van der Waals surface area contributed by atoms with Gasteiger partial charge in [0, 0.05) is 48.2 Å². The minimum absolute atomic E-state index is 0.0223. The molecule has 3 fully saturated rings. The average Bonchev–Trinajstić information content (AvgIpc) is 3.75. The summed E-state index contributed by atoms with van der Waals surface area (Å²) in [6.07, 6.45) is 8.38. The van der Waals surface area contributed by atoms with Gasteiger partial charge in [0.15, 0.2) is 5.82 Å². The van der Waals surface area contributed by atoms with Crippen molar-refractivity contribution in [1.29, 1.82) is 0 Å². The molecule has 3 aromatic heterocycles. The summed E-state index contributed by atoms with van der Waals surface area (Å²) >= 11 is 1.07. The van der Waals surface area contributed by atoms with E-state index >= 15 is 0 Å². The van der Waals surface area contributed by atoms with E-state index in [-0.39, 0.29) is 66.6 Å². The number of unbranched alkanes of at least 4 members (excludes halogenated alkanes) is 1. The van der Waals surface area contributed by atoms with Crippen LogP contribution in [0.3, 0.4) is 0 Å². The summed E-state index contributed by atoms with van der Waals surface area (Å²) in [6.45, 7) is 0.662. The van der Waals surface area contributed by atoms with Gasteiger partial charge in [0.1, 0.15) is 23.2 Å². The van der Waals surface area contributed by atoms with Crippen molar-refractivity contribution in [2.24, 2.45) is 13.0 Å². The predicted molar refractivity (Wildman–Crippen MR) is 213 cm³/mol. The SMILES string of the molecule is Cn1ncc(-c2nc(NC3CCC(N(CC(=O)NCCCCNCC(=O)NCc4cc5c(s4)C(=O)N(C4CCC(=O)NC4=O)C5=O)C(=O)O)CC3)ncc2F)c1CC1CC1. The highest BCUT2D eigenvalue weighted by Gasteiger charge is 2.46. The van der Waals surface area contributed by atoms with Crippen LogP contribution in [-0.2, 0) is 39.2 Å². The van der Waals surface area contributed by atoms with E-state index < -0.39 is 47.5 Å². The molecule has 19 nitrogen and oxygen atoms in total. The molecule has 60 heavy (non-hydrogen) atoms. The average molecular weight is 850 g/mol. The lowest BCUT2D eigenvalue weighted by Crippen LogP contribution is -2.54. The first kappa shape index (κ1) is 42.3. The Morgan fingerprint density at radius 2 is 1.73 bits per heavy atom. The van der Waals surface area contributed by atoms with Crippen molar-refractivity contribution >= 4 is 58.8 Å². The van der Waals surface area contributed by atoms with Crippen molar-refractivity contribution in [3.05, 3.63) is 45.3 Å². The molecule has 1 saturated heterocycles. The van der Waals surface area contributed by atoms with Gasteiger partial charge in [0.25, 0.3) is 11.8 Å². The van der Waals surface area contributed by atoms with Crippen LogP contribution in [0.25, 0.3) is 11.3 Å². The van der Waals surface area contributed by atoms with E-state index in [1.807, 2.05) is 7.05 Å². The Morgan fingerprint density at radius 3 is 2.45 bits per heavy atom. The molecule has 6 N–H and O–H groups in total. The molecule has 2 aliphatic heterocycles. The van der Waals surface area contributed by atoms with Gasteiger partial charge in [0.2, 0.25) is 29.6 Å². The molecule has 2 saturated carbocycles. The van der Waals surface area contributed by atoms with Crippen LogP contribution in [0.2, 0.25) is 0 Å². The van der Waals surface area contributed by atoms with Crippen molar-refractivity contribution in [1.82, 2.24) is 50.8 Å². The largest absolute Gasteiger partial charge is 0.465 e. The molecule has 3 aromatic rings. The number of anilines is 1. The number of carboxylic acid groups (broad SMARTS) is 1. The number of hydrogen-bond acceptors (Lipinski definition) is 13. The molecular weight excluding hydrogens is 802 g/mol. The molecular formula is C39H48FN11O8S. The van der Waals surface area contributed by atoms with Gasteiger partial charge in [-0.2, -0.15) is 5.10 Å². The lowest BCUT2D eigenvalue weighted by molar-refractivity contribution is -0.136. The third-order valence-electron chi connectivity index (χ3n) is 11.3. The van der Waals surface area contributed by atoms with Crippen molar-refractivity contribution < 1.29 is 43.1 Å². The predicted octanol–water partition coefficient (Wildman–Crippen LogP) is 1.94. The zero-order valence-corrected chi connectivity index (χ0v) is 33.9. The second-order valence-electron chi connectivity index (χ2n) is 15.6. The quantitative estimate of drug-likeness (QED) is 0.0792. The van der Waals surface area contributed by atoms with Crippen molar-refractivity contribution in [3.8, 4) is 11.3 Å². The lowest BCUT2D eigenvalue weighted by atomic mass is 9.90. The van der Waals surface area contributed by atoms with Gasteiger partial charge in [-0.3, -0.25) is 48.6 Å². The van der Waals surface area contributed by atoms with Crippen LogP contribution < -0.4 is 26.6 Å². The van der Waals surface area contributed by atoms with E-state index in [2.05, 4.69) is 41.7 Å². The minimum atomic E-state index is -1.17. The van der Waals surface area contributed by atoms with Gasteiger partial charge in [0.05, 0.1) is 31.0 Å². The number of rotatable bonds is 18. The van der Waals surface area contributed by atoms with Crippen LogP contribution in [0.1, 0.15) is 94.8 Å². The number of aryl methyl sites for hydroxylation is 1. The first-order valence-electron chi connectivity index (χ1n) is 20.2.